The number of nitrogens with one attached hydrogen (secondary N) is 2. The molecule has 2 aromatic rings. The van der Waals surface area contributed by atoms with Gasteiger partial charge in [-0.1, -0.05) is 29.3 Å². The highest BCUT2D eigenvalue weighted by molar-refractivity contribution is 6.42. The molecule has 7 heteroatoms. The van der Waals surface area contributed by atoms with Gasteiger partial charge in [0.1, 0.15) is 5.82 Å². The van der Waals surface area contributed by atoms with Gasteiger partial charge >= 0.3 is 6.03 Å². The van der Waals surface area contributed by atoms with E-state index in [1.54, 1.807) is 36.5 Å². The summed E-state index contributed by atoms with van der Waals surface area (Å²) in [5.74, 6) is 0.439. The van der Waals surface area contributed by atoms with Gasteiger partial charge in [-0.2, -0.15) is 0 Å². The Morgan fingerprint density at radius 3 is 2.65 bits per heavy atom. The Labute approximate surface area is 126 Å². The van der Waals surface area contributed by atoms with Crippen molar-refractivity contribution in [3.63, 3.8) is 0 Å². The number of aromatic nitrogens is 1. The van der Waals surface area contributed by atoms with Crippen molar-refractivity contribution in [1.29, 1.82) is 0 Å². The molecule has 20 heavy (non-hydrogen) atoms. The van der Waals surface area contributed by atoms with Gasteiger partial charge in [0, 0.05) is 18.4 Å². The van der Waals surface area contributed by atoms with E-state index >= 15 is 0 Å². The maximum Gasteiger partial charge on any atom is 0.319 e. The molecule has 0 aliphatic carbocycles. The van der Waals surface area contributed by atoms with Crippen LogP contribution in [0.25, 0.3) is 0 Å². The fraction of sp³-hybridized carbons (Fsp3) is 0.0769. The number of rotatable bonds is 3. The van der Waals surface area contributed by atoms with E-state index in [0.29, 0.717) is 28.1 Å². The Balaban J connectivity index is 1.89. The molecule has 1 aromatic heterocycles. The lowest BCUT2D eigenvalue weighted by atomic mass is 10.3. The normalized spacial score (nSPS) is 10.1. The minimum absolute atomic E-state index is 0.347. The minimum atomic E-state index is -0.347. The van der Waals surface area contributed by atoms with Crippen LogP contribution in [0.5, 0.6) is 0 Å². The summed E-state index contributed by atoms with van der Waals surface area (Å²) in [7, 11) is 0. The summed E-state index contributed by atoms with van der Waals surface area (Å²) in [4.78, 5) is 15.6. The van der Waals surface area contributed by atoms with Crippen molar-refractivity contribution in [3.8, 4) is 0 Å². The zero-order valence-corrected chi connectivity index (χ0v) is 11.9. The van der Waals surface area contributed by atoms with Crippen molar-refractivity contribution in [2.45, 2.75) is 6.54 Å². The van der Waals surface area contributed by atoms with E-state index in [4.69, 9.17) is 28.9 Å². The molecule has 0 saturated carbocycles. The number of nitrogen functional groups attached to an aromatic ring is 1. The Morgan fingerprint density at radius 1 is 1.20 bits per heavy atom. The van der Waals surface area contributed by atoms with E-state index in [0.717, 1.165) is 5.56 Å². The molecule has 0 spiro atoms. The molecular formula is C13H12Cl2N4O. The van der Waals surface area contributed by atoms with Crippen molar-refractivity contribution in [1.82, 2.24) is 10.3 Å². The number of carbonyl (C=O) groups is 1. The van der Waals surface area contributed by atoms with E-state index in [1.165, 1.54) is 0 Å². The number of hydrogen-bond acceptors (Lipinski definition) is 3. The summed E-state index contributed by atoms with van der Waals surface area (Å²) in [6.07, 6.45) is 1.61. The molecule has 0 aliphatic heterocycles. The van der Waals surface area contributed by atoms with Crippen LogP contribution in [0.4, 0.5) is 16.3 Å². The summed E-state index contributed by atoms with van der Waals surface area (Å²) in [5, 5.41) is 6.16. The molecule has 0 saturated heterocycles. The standard InChI is InChI=1S/C13H12Cl2N4O/c14-10-3-2-9(5-11(10)15)19-13(20)18-7-8-1-4-12(16)17-6-8/h1-6H,7H2,(H2,16,17)(H2,18,19,20). The number of pyridine rings is 1. The van der Waals surface area contributed by atoms with Crippen LogP contribution >= 0.6 is 23.2 Å². The third kappa shape index (κ3) is 4.01. The first-order valence-electron chi connectivity index (χ1n) is 5.75. The molecule has 1 aromatic carbocycles. The van der Waals surface area contributed by atoms with Crippen LogP contribution in [0.1, 0.15) is 5.56 Å². The van der Waals surface area contributed by atoms with E-state index in [9.17, 15) is 4.79 Å². The first-order valence-corrected chi connectivity index (χ1v) is 6.50. The van der Waals surface area contributed by atoms with Gasteiger partial charge in [-0.25, -0.2) is 9.78 Å². The average Bonchev–Trinajstić information content (AvgIpc) is 2.42. The van der Waals surface area contributed by atoms with Gasteiger partial charge in [0.2, 0.25) is 0 Å². The topological polar surface area (TPSA) is 80.0 Å². The van der Waals surface area contributed by atoms with Crippen molar-refractivity contribution in [2.24, 2.45) is 0 Å². The molecule has 0 unspecified atom stereocenters. The second-order valence-electron chi connectivity index (χ2n) is 4.03. The molecule has 0 atom stereocenters. The van der Waals surface area contributed by atoms with Crippen LogP contribution in [-0.2, 0) is 6.54 Å². The fourth-order valence-corrected chi connectivity index (χ4v) is 1.77. The predicted molar refractivity (Wildman–Crippen MR) is 81.0 cm³/mol. The van der Waals surface area contributed by atoms with Crippen LogP contribution < -0.4 is 16.4 Å². The van der Waals surface area contributed by atoms with Crippen molar-refractivity contribution >= 4 is 40.7 Å². The quantitative estimate of drug-likeness (QED) is 0.813. The van der Waals surface area contributed by atoms with Crippen molar-refractivity contribution in [3.05, 3.63) is 52.1 Å². The molecule has 4 N–H and O–H groups in total. The first kappa shape index (κ1) is 14.4. The number of anilines is 2. The van der Waals surface area contributed by atoms with Gasteiger partial charge in [0.15, 0.2) is 0 Å². The monoisotopic (exact) mass is 310 g/mol. The van der Waals surface area contributed by atoms with Gasteiger partial charge in [0.25, 0.3) is 0 Å². The number of halogens is 2. The lowest BCUT2D eigenvalue weighted by Crippen LogP contribution is -2.28. The highest BCUT2D eigenvalue weighted by Crippen LogP contribution is 2.24. The van der Waals surface area contributed by atoms with Crippen molar-refractivity contribution in [2.75, 3.05) is 11.1 Å². The van der Waals surface area contributed by atoms with Gasteiger partial charge < -0.3 is 16.4 Å². The highest BCUT2D eigenvalue weighted by Gasteiger charge is 2.04. The van der Waals surface area contributed by atoms with E-state index < -0.39 is 0 Å². The van der Waals surface area contributed by atoms with Gasteiger partial charge in [-0.15, -0.1) is 0 Å². The Hall–Kier alpha value is -1.98. The summed E-state index contributed by atoms with van der Waals surface area (Å²) >= 11 is 11.7. The minimum Gasteiger partial charge on any atom is -0.384 e. The summed E-state index contributed by atoms with van der Waals surface area (Å²) in [6, 6.07) is 7.98. The number of nitrogens with zero attached hydrogens (tertiary/aromatic N) is 1. The summed E-state index contributed by atoms with van der Waals surface area (Å²) in [5.41, 5.74) is 6.89. The Kier molecular flexibility index (Phi) is 4.65. The molecule has 1 heterocycles. The van der Waals surface area contributed by atoms with Gasteiger partial charge in [-0.3, -0.25) is 0 Å². The maximum atomic E-state index is 11.7. The molecule has 5 nitrogen and oxygen atoms in total. The maximum absolute atomic E-state index is 11.7. The van der Waals surface area contributed by atoms with Crippen LogP contribution in [0.3, 0.4) is 0 Å². The molecule has 0 fully saturated rings. The van der Waals surface area contributed by atoms with Crippen LogP contribution in [0.15, 0.2) is 36.5 Å². The smallest absolute Gasteiger partial charge is 0.319 e. The van der Waals surface area contributed by atoms with Crippen molar-refractivity contribution < 1.29 is 4.79 Å². The van der Waals surface area contributed by atoms with E-state index in [1.807, 2.05) is 0 Å². The fourth-order valence-electron chi connectivity index (χ4n) is 1.47. The Bertz CT molecular complexity index is 616. The molecule has 2 rings (SSSR count). The van der Waals surface area contributed by atoms with Crippen LogP contribution in [0.2, 0.25) is 10.0 Å². The largest absolute Gasteiger partial charge is 0.384 e. The number of carbonyl (C=O) groups excluding carboxylic acids is 1. The number of amides is 2. The third-order valence-corrected chi connectivity index (χ3v) is 3.22. The Morgan fingerprint density at radius 2 is 2.00 bits per heavy atom. The SMILES string of the molecule is Nc1ccc(CNC(=O)Nc2ccc(Cl)c(Cl)c2)cn1. The zero-order valence-electron chi connectivity index (χ0n) is 10.4. The number of urea groups is 1. The summed E-state index contributed by atoms with van der Waals surface area (Å²) in [6.45, 7) is 0.348. The first-order chi connectivity index (χ1) is 9.54. The summed E-state index contributed by atoms with van der Waals surface area (Å²) < 4.78 is 0. The van der Waals surface area contributed by atoms with E-state index in [-0.39, 0.29) is 6.03 Å². The van der Waals surface area contributed by atoms with E-state index in [2.05, 4.69) is 15.6 Å². The second kappa shape index (κ2) is 6.45. The molecule has 0 radical (unpaired) electrons. The number of nitrogens with two attached hydrogens (primary N) is 1. The molecule has 2 amide bonds. The van der Waals surface area contributed by atoms with Gasteiger partial charge in [0.05, 0.1) is 10.0 Å². The number of benzene rings is 1. The van der Waals surface area contributed by atoms with Gasteiger partial charge in [-0.05, 0) is 29.8 Å². The average molecular weight is 311 g/mol. The lowest BCUT2D eigenvalue weighted by Gasteiger charge is -2.08. The zero-order chi connectivity index (χ0) is 14.5. The molecular weight excluding hydrogens is 299 g/mol. The molecule has 0 aliphatic rings. The lowest BCUT2D eigenvalue weighted by molar-refractivity contribution is 0.251. The molecule has 0 bridgehead atoms. The predicted octanol–water partition coefficient (Wildman–Crippen LogP) is 3.29. The highest BCUT2D eigenvalue weighted by atomic mass is 35.5. The van der Waals surface area contributed by atoms with Crippen LogP contribution in [0, 0.1) is 0 Å². The molecule has 104 valence electrons. The number of hydrogen-bond donors (Lipinski definition) is 3. The third-order valence-electron chi connectivity index (χ3n) is 2.48. The van der Waals surface area contributed by atoms with Crippen LogP contribution in [-0.4, -0.2) is 11.0 Å². The second-order valence-corrected chi connectivity index (χ2v) is 4.84.